The van der Waals surface area contributed by atoms with E-state index >= 15 is 0 Å². The molecule has 6 heteroatoms. The molecule has 2 aromatic rings. The number of hydrogen-bond acceptors (Lipinski definition) is 4. The van der Waals surface area contributed by atoms with Gasteiger partial charge in [-0.15, -0.1) is 0 Å². The average Bonchev–Trinajstić information content (AvgIpc) is 3.40. The summed E-state index contributed by atoms with van der Waals surface area (Å²) in [6, 6.07) is 11.9. The summed E-state index contributed by atoms with van der Waals surface area (Å²) < 4.78 is 11.0. The largest absolute Gasteiger partial charge is 0.491 e. The van der Waals surface area contributed by atoms with Crippen molar-refractivity contribution >= 4 is 5.96 Å². The fraction of sp³-hybridized carbons (Fsp3) is 0.522. The summed E-state index contributed by atoms with van der Waals surface area (Å²) in [7, 11) is 0. The number of ether oxygens (including phenoxy) is 1. The second kappa shape index (κ2) is 10.9. The van der Waals surface area contributed by atoms with Crippen molar-refractivity contribution in [2.75, 3.05) is 13.1 Å². The predicted octanol–water partition coefficient (Wildman–Crippen LogP) is 3.82. The van der Waals surface area contributed by atoms with Crippen molar-refractivity contribution in [3.63, 3.8) is 0 Å². The number of aliphatic hydroxyl groups excluding tert-OH is 1. The third-order valence-electron chi connectivity index (χ3n) is 5.00. The fourth-order valence-electron chi connectivity index (χ4n) is 3.50. The lowest BCUT2D eigenvalue weighted by Crippen LogP contribution is -2.43. The monoisotopic (exact) mass is 399 g/mol. The summed E-state index contributed by atoms with van der Waals surface area (Å²) in [5.41, 5.74) is 0.834. The molecule has 158 valence electrons. The average molecular weight is 400 g/mol. The number of aliphatic imine (C=N–C) groups is 1. The van der Waals surface area contributed by atoms with E-state index in [-0.39, 0.29) is 6.10 Å². The van der Waals surface area contributed by atoms with Gasteiger partial charge in [-0.2, -0.15) is 0 Å². The molecule has 3 rings (SSSR count). The van der Waals surface area contributed by atoms with Gasteiger partial charge in [0.1, 0.15) is 11.5 Å². The maximum atomic E-state index is 10.6. The highest BCUT2D eigenvalue weighted by atomic mass is 16.5. The second-order valence-corrected chi connectivity index (χ2v) is 7.82. The molecule has 1 saturated carbocycles. The van der Waals surface area contributed by atoms with E-state index in [1.165, 1.54) is 25.7 Å². The number of benzene rings is 1. The predicted molar refractivity (Wildman–Crippen MR) is 115 cm³/mol. The van der Waals surface area contributed by atoms with Crippen molar-refractivity contribution < 1.29 is 14.3 Å². The van der Waals surface area contributed by atoms with Crippen LogP contribution in [0.1, 0.15) is 57.0 Å². The van der Waals surface area contributed by atoms with Gasteiger partial charge in [0.05, 0.1) is 25.0 Å². The molecular weight excluding hydrogens is 366 g/mol. The normalized spacial score (nSPS) is 16.2. The molecule has 1 atom stereocenters. The van der Waals surface area contributed by atoms with Crippen LogP contribution < -0.4 is 15.4 Å². The zero-order valence-electron chi connectivity index (χ0n) is 17.4. The SMILES string of the molecule is CC(C)Oc1ccc(C(O)CN=C(NCCc2ccco2)NC2CCCC2)cc1. The van der Waals surface area contributed by atoms with Gasteiger partial charge in [-0.3, -0.25) is 4.99 Å². The Hall–Kier alpha value is -2.47. The number of furan rings is 1. The van der Waals surface area contributed by atoms with Crippen LogP contribution in [0.15, 0.2) is 52.1 Å². The van der Waals surface area contributed by atoms with Gasteiger partial charge in [0.15, 0.2) is 5.96 Å². The molecule has 1 unspecified atom stereocenters. The number of nitrogens with zero attached hydrogens (tertiary/aromatic N) is 1. The van der Waals surface area contributed by atoms with Gasteiger partial charge in [-0.25, -0.2) is 0 Å². The van der Waals surface area contributed by atoms with Crippen LogP contribution in [-0.2, 0) is 6.42 Å². The van der Waals surface area contributed by atoms with Gasteiger partial charge in [-0.1, -0.05) is 25.0 Å². The molecule has 1 heterocycles. The third-order valence-corrected chi connectivity index (χ3v) is 5.00. The van der Waals surface area contributed by atoms with E-state index in [0.717, 1.165) is 36.0 Å². The van der Waals surface area contributed by atoms with E-state index in [4.69, 9.17) is 9.15 Å². The van der Waals surface area contributed by atoms with Gasteiger partial charge in [0, 0.05) is 19.0 Å². The Morgan fingerprint density at radius 3 is 2.62 bits per heavy atom. The van der Waals surface area contributed by atoms with Gasteiger partial charge < -0.3 is 24.9 Å². The van der Waals surface area contributed by atoms with Crippen LogP contribution >= 0.6 is 0 Å². The summed E-state index contributed by atoms with van der Waals surface area (Å²) in [5.74, 6) is 2.51. The Morgan fingerprint density at radius 2 is 1.97 bits per heavy atom. The van der Waals surface area contributed by atoms with Gasteiger partial charge in [0.25, 0.3) is 0 Å². The number of guanidine groups is 1. The van der Waals surface area contributed by atoms with Crippen LogP contribution in [0.5, 0.6) is 5.75 Å². The minimum atomic E-state index is -0.657. The van der Waals surface area contributed by atoms with Gasteiger partial charge >= 0.3 is 0 Å². The Morgan fingerprint density at radius 1 is 1.21 bits per heavy atom. The van der Waals surface area contributed by atoms with Crippen molar-refractivity contribution in [2.24, 2.45) is 4.99 Å². The Bertz CT molecular complexity index is 735. The molecule has 0 amide bonds. The lowest BCUT2D eigenvalue weighted by Gasteiger charge is -2.18. The number of hydrogen-bond donors (Lipinski definition) is 3. The van der Waals surface area contributed by atoms with E-state index in [1.54, 1.807) is 6.26 Å². The Labute approximate surface area is 173 Å². The van der Waals surface area contributed by atoms with Crippen molar-refractivity contribution in [2.45, 2.75) is 64.2 Å². The quantitative estimate of drug-likeness (QED) is 0.441. The molecule has 0 radical (unpaired) electrons. The van der Waals surface area contributed by atoms with E-state index in [2.05, 4.69) is 15.6 Å². The minimum absolute atomic E-state index is 0.131. The molecule has 3 N–H and O–H groups in total. The van der Waals surface area contributed by atoms with Gasteiger partial charge in [0.2, 0.25) is 0 Å². The summed E-state index contributed by atoms with van der Waals surface area (Å²) >= 11 is 0. The summed E-state index contributed by atoms with van der Waals surface area (Å²) in [6.07, 6.45) is 6.79. The first kappa shape index (κ1) is 21.2. The molecule has 1 aromatic carbocycles. The molecule has 1 aliphatic rings. The van der Waals surface area contributed by atoms with Crippen molar-refractivity contribution in [3.05, 3.63) is 54.0 Å². The van der Waals surface area contributed by atoms with Crippen LogP contribution in [0.2, 0.25) is 0 Å². The fourth-order valence-corrected chi connectivity index (χ4v) is 3.50. The number of nitrogens with one attached hydrogen (secondary N) is 2. The molecule has 6 nitrogen and oxygen atoms in total. The van der Waals surface area contributed by atoms with E-state index < -0.39 is 6.10 Å². The lowest BCUT2D eigenvalue weighted by atomic mass is 10.1. The second-order valence-electron chi connectivity index (χ2n) is 7.82. The maximum absolute atomic E-state index is 10.6. The molecule has 1 fully saturated rings. The van der Waals surface area contributed by atoms with Crippen LogP contribution in [-0.4, -0.2) is 36.3 Å². The highest BCUT2D eigenvalue weighted by Gasteiger charge is 2.16. The zero-order chi connectivity index (χ0) is 20.5. The zero-order valence-corrected chi connectivity index (χ0v) is 17.4. The van der Waals surface area contributed by atoms with Gasteiger partial charge in [-0.05, 0) is 56.5 Å². The van der Waals surface area contributed by atoms with E-state index in [0.29, 0.717) is 12.6 Å². The standard InChI is InChI=1S/C23H33N3O3/c1-17(2)29-21-11-9-18(10-12-21)22(27)16-25-23(26-19-6-3-4-7-19)24-14-13-20-8-5-15-28-20/h5,8-12,15,17,19,22,27H,3-4,6-7,13-14,16H2,1-2H3,(H2,24,25,26). The first-order valence-corrected chi connectivity index (χ1v) is 10.6. The molecule has 0 saturated heterocycles. The van der Waals surface area contributed by atoms with Crippen molar-refractivity contribution in [3.8, 4) is 5.75 Å². The minimum Gasteiger partial charge on any atom is -0.491 e. The molecule has 29 heavy (non-hydrogen) atoms. The topological polar surface area (TPSA) is 79.0 Å². The lowest BCUT2D eigenvalue weighted by molar-refractivity contribution is 0.186. The number of rotatable bonds is 9. The molecule has 0 aliphatic heterocycles. The highest BCUT2D eigenvalue weighted by molar-refractivity contribution is 5.80. The first-order chi connectivity index (χ1) is 14.1. The molecule has 0 bridgehead atoms. The summed E-state index contributed by atoms with van der Waals surface area (Å²) in [5, 5.41) is 17.4. The van der Waals surface area contributed by atoms with Crippen LogP contribution in [0, 0.1) is 0 Å². The highest BCUT2D eigenvalue weighted by Crippen LogP contribution is 2.20. The van der Waals surface area contributed by atoms with E-state index in [9.17, 15) is 5.11 Å². The van der Waals surface area contributed by atoms with E-state index in [1.807, 2.05) is 50.2 Å². The molecule has 1 aromatic heterocycles. The van der Waals surface area contributed by atoms with Crippen molar-refractivity contribution in [1.29, 1.82) is 0 Å². The third kappa shape index (κ3) is 7.13. The maximum Gasteiger partial charge on any atom is 0.191 e. The van der Waals surface area contributed by atoms with Crippen molar-refractivity contribution in [1.82, 2.24) is 10.6 Å². The molecular formula is C23H33N3O3. The Kier molecular flexibility index (Phi) is 7.99. The van der Waals surface area contributed by atoms with Crippen LogP contribution in [0.4, 0.5) is 0 Å². The summed E-state index contributed by atoms with van der Waals surface area (Å²) in [4.78, 5) is 4.64. The Balaban J connectivity index is 1.56. The smallest absolute Gasteiger partial charge is 0.191 e. The molecule has 0 spiro atoms. The summed E-state index contributed by atoms with van der Waals surface area (Å²) in [6.45, 7) is 5.01. The number of aliphatic hydroxyl groups is 1. The van der Waals surface area contributed by atoms with Crippen LogP contribution in [0.25, 0.3) is 0 Å². The van der Waals surface area contributed by atoms with Crippen LogP contribution in [0.3, 0.4) is 0 Å². The molecule has 1 aliphatic carbocycles. The first-order valence-electron chi connectivity index (χ1n) is 10.6.